The van der Waals surface area contributed by atoms with Gasteiger partial charge in [0.05, 0.1) is 0 Å². The minimum atomic E-state index is 0.812. The molecule has 0 spiro atoms. The molecule has 96 valence electrons. The second-order valence-corrected chi connectivity index (χ2v) is 5.79. The smallest absolute Gasteiger partial charge is 0.148 e. The van der Waals surface area contributed by atoms with E-state index < -0.39 is 0 Å². The molecule has 0 saturated carbocycles. The number of nitrogens with one attached hydrogen (secondary N) is 1. The molecule has 0 saturated heterocycles. The lowest BCUT2D eigenvalue weighted by molar-refractivity contribution is 0.668. The second-order valence-electron chi connectivity index (χ2n) is 3.88. The molecule has 1 aromatic carbocycles. The molecule has 5 heteroatoms. The van der Waals surface area contributed by atoms with Crippen LogP contribution in [0.15, 0.2) is 29.2 Å². The van der Waals surface area contributed by atoms with E-state index in [4.69, 9.17) is 0 Å². The van der Waals surface area contributed by atoms with Gasteiger partial charge in [-0.2, -0.15) is 0 Å². The summed E-state index contributed by atoms with van der Waals surface area (Å²) >= 11 is 3.41. The van der Waals surface area contributed by atoms with Crippen LogP contribution in [0, 0.1) is 0 Å². The molecule has 0 fully saturated rings. The highest BCUT2D eigenvalue weighted by Crippen LogP contribution is 2.31. The summed E-state index contributed by atoms with van der Waals surface area (Å²) in [5, 5.41) is 13.9. The molecule has 1 aromatic heterocycles. The highest BCUT2D eigenvalue weighted by atomic mass is 32.2. The lowest BCUT2D eigenvalue weighted by Crippen LogP contribution is -2.13. The van der Waals surface area contributed by atoms with Crippen LogP contribution in [0.25, 0.3) is 10.6 Å². The first kappa shape index (κ1) is 13.5. The Morgan fingerprint density at radius 1 is 1.28 bits per heavy atom. The van der Waals surface area contributed by atoms with Gasteiger partial charge in [-0.1, -0.05) is 36.5 Å². The number of aromatic nitrogens is 2. The number of rotatable bonds is 6. The van der Waals surface area contributed by atoms with Crippen molar-refractivity contribution in [1.82, 2.24) is 15.5 Å². The van der Waals surface area contributed by atoms with Gasteiger partial charge in [0.15, 0.2) is 0 Å². The molecule has 0 aliphatic heterocycles. The summed E-state index contributed by atoms with van der Waals surface area (Å²) in [7, 11) is 0. The van der Waals surface area contributed by atoms with Crippen molar-refractivity contribution in [2.75, 3.05) is 12.8 Å². The maximum Gasteiger partial charge on any atom is 0.148 e. The van der Waals surface area contributed by atoms with Crippen LogP contribution in [0.5, 0.6) is 0 Å². The summed E-state index contributed by atoms with van der Waals surface area (Å²) in [6, 6.07) is 8.33. The molecule has 1 N–H and O–H groups in total. The van der Waals surface area contributed by atoms with E-state index in [-0.39, 0.29) is 0 Å². The topological polar surface area (TPSA) is 37.8 Å². The molecule has 2 rings (SSSR count). The Bertz CT molecular complexity index is 496. The zero-order valence-electron chi connectivity index (χ0n) is 10.6. The van der Waals surface area contributed by atoms with Gasteiger partial charge in [-0.25, -0.2) is 0 Å². The molecule has 18 heavy (non-hydrogen) atoms. The van der Waals surface area contributed by atoms with E-state index in [0.29, 0.717) is 0 Å². The Balaban J connectivity index is 2.13. The molecular formula is C13H17N3S2. The predicted octanol–water partition coefficient (Wildman–Crippen LogP) is 3.43. The molecule has 0 aliphatic carbocycles. The zero-order chi connectivity index (χ0) is 12.8. The second kappa shape index (κ2) is 6.87. The molecule has 2 aromatic rings. The molecule has 3 nitrogen and oxygen atoms in total. The first-order valence-electron chi connectivity index (χ1n) is 6.01. The summed E-state index contributed by atoms with van der Waals surface area (Å²) < 4.78 is 0. The Morgan fingerprint density at radius 2 is 2.11 bits per heavy atom. The van der Waals surface area contributed by atoms with Gasteiger partial charge in [0.25, 0.3) is 0 Å². The molecule has 0 amide bonds. The van der Waals surface area contributed by atoms with Gasteiger partial charge >= 0.3 is 0 Å². The predicted molar refractivity (Wildman–Crippen MR) is 79.1 cm³/mol. The highest BCUT2D eigenvalue weighted by Gasteiger charge is 2.09. The maximum atomic E-state index is 4.29. The number of thioether (sulfide) groups is 1. The fourth-order valence-electron chi connectivity index (χ4n) is 1.63. The molecule has 0 bridgehead atoms. The monoisotopic (exact) mass is 279 g/mol. The molecule has 0 aliphatic rings. The van der Waals surface area contributed by atoms with Crippen LogP contribution in [0.1, 0.15) is 18.4 Å². The van der Waals surface area contributed by atoms with Crippen molar-refractivity contribution in [3.63, 3.8) is 0 Å². The zero-order valence-corrected chi connectivity index (χ0v) is 12.3. The van der Waals surface area contributed by atoms with E-state index in [1.807, 2.05) is 6.07 Å². The Morgan fingerprint density at radius 3 is 2.89 bits per heavy atom. The normalized spacial score (nSPS) is 10.8. The Labute approximate surface area is 116 Å². The average molecular weight is 279 g/mol. The van der Waals surface area contributed by atoms with E-state index in [0.717, 1.165) is 29.5 Å². The van der Waals surface area contributed by atoms with Gasteiger partial charge in [0.2, 0.25) is 0 Å². The van der Waals surface area contributed by atoms with E-state index in [9.17, 15) is 0 Å². The van der Waals surface area contributed by atoms with Crippen LogP contribution >= 0.6 is 23.1 Å². The van der Waals surface area contributed by atoms with Crippen LogP contribution < -0.4 is 5.32 Å². The van der Waals surface area contributed by atoms with Crippen molar-refractivity contribution in [3.8, 4) is 10.6 Å². The first-order chi connectivity index (χ1) is 8.85. The summed E-state index contributed by atoms with van der Waals surface area (Å²) in [6.07, 6.45) is 3.23. The van der Waals surface area contributed by atoms with Crippen molar-refractivity contribution < 1.29 is 0 Å². The lowest BCUT2D eigenvalue weighted by Gasteiger charge is -2.02. The van der Waals surface area contributed by atoms with Crippen LogP contribution in [-0.2, 0) is 6.54 Å². The van der Waals surface area contributed by atoms with Gasteiger partial charge in [-0.05, 0) is 25.3 Å². The summed E-state index contributed by atoms with van der Waals surface area (Å²) in [5.74, 6) is 0. The van der Waals surface area contributed by atoms with Crippen LogP contribution in [0.4, 0.5) is 0 Å². The molecule has 1 heterocycles. The van der Waals surface area contributed by atoms with Gasteiger partial charge in [0.1, 0.15) is 10.0 Å². The van der Waals surface area contributed by atoms with Gasteiger partial charge in [-0.15, -0.1) is 22.0 Å². The lowest BCUT2D eigenvalue weighted by atomic mass is 10.2. The van der Waals surface area contributed by atoms with Crippen molar-refractivity contribution in [2.24, 2.45) is 0 Å². The fourth-order valence-corrected chi connectivity index (χ4v) is 3.14. The van der Waals surface area contributed by atoms with Crippen molar-refractivity contribution in [2.45, 2.75) is 24.8 Å². The SMILES string of the molecule is CCCNCc1nnc(-c2ccccc2SC)s1. The average Bonchev–Trinajstić information content (AvgIpc) is 2.88. The summed E-state index contributed by atoms with van der Waals surface area (Å²) in [4.78, 5) is 1.25. The number of nitrogens with zero attached hydrogens (tertiary/aromatic N) is 2. The van der Waals surface area contributed by atoms with Crippen molar-refractivity contribution in [1.29, 1.82) is 0 Å². The van der Waals surface area contributed by atoms with Gasteiger partial charge in [0, 0.05) is 17.0 Å². The number of hydrogen-bond acceptors (Lipinski definition) is 5. The number of benzene rings is 1. The van der Waals surface area contributed by atoms with Crippen molar-refractivity contribution >= 4 is 23.1 Å². The third-order valence-corrected chi connectivity index (χ3v) is 4.26. The van der Waals surface area contributed by atoms with Crippen LogP contribution in [0.2, 0.25) is 0 Å². The molecular weight excluding hydrogens is 262 g/mol. The van der Waals surface area contributed by atoms with Crippen LogP contribution in [-0.4, -0.2) is 23.0 Å². The molecule has 0 radical (unpaired) electrons. The molecule has 0 atom stereocenters. The fraction of sp³-hybridized carbons (Fsp3) is 0.385. The highest BCUT2D eigenvalue weighted by molar-refractivity contribution is 7.98. The number of hydrogen-bond donors (Lipinski definition) is 1. The van der Waals surface area contributed by atoms with E-state index in [1.54, 1.807) is 23.1 Å². The van der Waals surface area contributed by atoms with Crippen molar-refractivity contribution in [3.05, 3.63) is 29.3 Å². The third kappa shape index (κ3) is 3.31. The largest absolute Gasteiger partial charge is 0.310 e. The van der Waals surface area contributed by atoms with E-state index in [2.05, 4.69) is 46.9 Å². The minimum Gasteiger partial charge on any atom is -0.310 e. The van der Waals surface area contributed by atoms with Gasteiger partial charge < -0.3 is 5.32 Å². The summed E-state index contributed by atoms with van der Waals surface area (Å²) in [5.41, 5.74) is 1.18. The Kier molecular flexibility index (Phi) is 5.16. The Hall–Kier alpha value is -0.910. The van der Waals surface area contributed by atoms with E-state index >= 15 is 0 Å². The van der Waals surface area contributed by atoms with Gasteiger partial charge in [-0.3, -0.25) is 0 Å². The first-order valence-corrected chi connectivity index (χ1v) is 8.05. The molecule has 0 unspecified atom stereocenters. The quantitative estimate of drug-likeness (QED) is 0.649. The maximum absolute atomic E-state index is 4.29. The third-order valence-electron chi connectivity index (χ3n) is 2.51. The standard InChI is InChI=1S/C13H17N3S2/c1-3-8-14-9-12-15-16-13(18-12)10-6-4-5-7-11(10)17-2/h4-7,14H,3,8-9H2,1-2H3. The summed E-state index contributed by atoms with van der Waals surface area (Å²) in [6.45, 7) is 4.00. The minimum absolute atomic E-state index is 0.812. The van der Waals surface area contributed by atoms with Crippen LogP contribution in [0.3, 0.4) is 0 Å². The van der Waals surface area contributed by atoms with E-state index in [1.165, 1.54) is 10.5 Å².